The van der Waals surface area contributed by atoms with Gasteiger partial charge in [0.25, 0.3) is 0 Å². The highest BCUT2D eigenvalue weighted by Gasteiger charge is 2.75. The first-order valence-corrected chi connectivity index (χ1v) is 12.7. The number of carbonyl (C=O) groups excluding carboxylic acids is 1. The Bertz CT molecular complexity index is 1090. The predicted molar refractivity (Wildman–Crippen MR) is 125 cm³/mol. The van der Waals surface area contributed by atoms with Crippen molar-refractivity contribution in [3.8, 4) is 0 Å². The summed E-state index contributed by atoms with van der Waals surface area (Å²) in [5.74, 6) is -1.19. The van der Waals surface area contributed by atoms with Gasteiger partial charge in [0.1, 0.15) is 11.2 Å². The molecule has 3 N–H and O–H groups in total. The summed E-state index contributed by atoms with van der Waals surface area (Å²) in [5.41, 5.74) is -0.144. The Morgan fingerprint density at radius 3 is 2.62 bits per heavy atom. The zero-order valence-electron chi connectivity index (χ0n) is 20.5. The molecule has 2 aliphatic heterocycles. The number of rotatable bonds is 2. The average Bonchev–Trinajstić information content (AvgIpc) is 3.49. The first-order chi connectivity index (χ1) is 15.8. The highest BCUT2D eigenvalue weighted by Crippen LogP contribution is 2.69. The van der Waals surface area contributed by atoms with Gasteiger partial charge >= 0.3 is 0 Å². The fourth-order valence-corrected chi connectivity index (χ4v) is 7.64. The van der Waals surface area contributed by atoms with E-state index < -0.39 is 22.4 Å². The van der Waals surface area contributed by atoms with Crippen molar-refractivity contribution in [3.63, 3.8) is 0 Å². The van der Waals surface area contributed by atoms with E-state index >= 15 is 0 Å². The first kappa shape index (κ1) is 22.9. The molecule has 34 heavy (non-hydrogen) atoms. The van der Waals surface area contributed by atoms with Crippen molar-refractivity contribution in [2.45, 2.75) is 100 Å². The molecule has 9 unspecified atom stereocenters. The Balaban J connectivity index is 1.30. The number of benzene rings is 1. The third-order valence-electron chi connectivity index (χ3n) is 10.4. The molecule has 0 aromatic heterocycles. The molecule has 6 nitrogen and oxygen atoms in total. The SMILES string of the molecule is CC(c1ccc2c(c1)CCC1C2CC2OC23CC=CC(=O)C13C)C1(O)CC(C)(O)C(C)(O)CO1. The third kappa shape index (κ3) is 2.78. The van der Waals surface area contributed by atoms with Gasteiger partial charge in [0, 0.05) is 12.3 Å². The van der Waals surface area contributed by atoms with E-state index in [0.717, 1.165) is 31.2 Å². The summed E-state index contributed by atoms with van der Waals surface area (Å²) >= 11 is 0. The van der Waals surface area contributed by atoms with Gasteiger partial charge in [0.2, 0.25) is 0 Å². The van der Waals surface area contributed by atoms with E-state index in [0.29, 0.717) is 5.92 Å². The second-order valence-corrected chi connectivity index (χ2v) is 12.2. The maximum absolute atomic E-state index is 13.2. The van der Waals surface area contributed by atoms with Crippen LogP contribution in [-0.2, 0) is 20.7 Å². The molecule has 2 heterocycles. The fourth-order valence-electron chi connectivity index (χ4n) is 7.64. The minimum atomic E-state index is -1.57. The van der Waals surface area contributed by atoms with Crippen LogP contribution in [0.25, 0.3) is 0 Å². The Hall–Kier alpha value is -1.57. The lowest BCUT2D eigenvalue weighted by molar-refractivity contribution is -0.325. The van der Waals surface area contributed by atoms with Crippen LogP contribution >= 0.6 is 0 Å². The minimum absolute atomic E-state index is 0.0783. The number of allylic oxidation sites excluding steroid dienone is 1. The van der Waals surface area contributed by atoms with Gasteiger partial charge in [-0.05, 0) is 81.1 Å². The van der Waals surface area contributed by atoms with Crippen molar-refractivity contribution in [1.29, 1.82) is 0 Å². The van der Waals surface area contributed by atoms with E-state index in [1.165, 1.54) is 18.1 Å². The second kappa shape index (κ2) is 6.80. The zero-order chi connectivity index (χ0) is 24.3. The summed E-state index contributed by atoms with van der Waals surface area (Å²) in [6, 6.07) is 6.38. The number of carbonyl (C=O) groups is 1. The van der Waals surface area contributed by atoms with Crippen molar-refractivity contribution in [3.05, 3.63) is 47.0 Å². The molecule has 3 aliphatic carbocycles. The van der Waals surface area contributed by atoms with Gasteiger partial charge in [0.05, 0.1) is 23.7 Å². The molecule has 9 atom stereocenters. The minimum Gasteiger partial charge on any atom is -0.387 e. The Kier molecular flexibility index (Phi) is 4.57. The summed E-state index contributed by atoms with van der Waals surface area (Å²) in [6.07, 6.45) is 7.44. The van der Waals surface area contributed by atoms with Crippen LogP contribution < -0.4 is 0 Å². The molecule has 6 rings (SSSR count). The van der Waals surface area contributed by atoms with Crippen LogP contribution in [0.1, 0.15) is 81.9 Å². The summed E-state index contributed by atoms with van der Waals surface area (Å²) in [7, 11) is 0. The van der Waals surface area contributed by atoms with Crippen molar-refractivity contribution in [2.75, 3.05) is 6.61 Å². The smallest absolute Gasteiger partial charge is 0.175 e. The number of hydrogen-bond acceptors (Lipinski definition) is 6. The Morgan fingerprint density at radius 1 is 1.12 bits per heavy atom. The Morgan fingerprint density at radius 2 is 1.88 bits per heavy atom. The van der Waals surface area contributed by atoms with Gasteiger partial charge in [-0.15, -0.1) is 0 Å². The number of ketones is 1. The van der Waals surface area contributed by atoms with E-state index in [1.54, 1.807) is 13.0 Å². The van der Waals surface area contributed by atoms with Crippen LogP contribution in [0.4, 0.5) is 0 Å². The monoisotopic (exact) mass is 468 g/mol. The molecule has 0 amide bonds. The molecule has 1 aromatic rings. The maximum Gasteiger partial charge on any atom is 0.175 e. The van der Waals surface area contributed by atoms with E-state index in [1.807, 2.05) is 13.0 Å². The number of hydrogen-bond donors (Lipinski definition) is 3. The zero-order valence-corrected chi connectivity index (χ0v) is 20.5. The number of aliphatic hydroxyl groups is 3. The molecule has 1 saturated carbocycles. The van der Waals surface area contributed by atoms with Crippen LogP contribution in [0, 0.1) is 11.3 Å². The topological polar surface area (TPSA) is 99.5 Å². The van der Waals surface area contributed by atoms with E-state index in [2.05, 4.69) is 25.1 Å². The van der Waals surface area contributed by atoms with Gasteiger partial charge in [-0.2, -0.15) is 0 Å². The molecular weight excluding hydrogens is 432 g/mol. The Labute approximate surface area is 201 Å². The van der Waals surface area contributed by atoms with E-state index in [-0.39, 0.29) is 42.4 Å². The molecule has 0 bridgehead atoms. The lowest BCUT2D eigenvalue weighted by atomic mass is 9.49. The van der Waals surface area contributed by atoms with Crippen molar-refractivity contribution in [1.82, 2.24) is 0 Å². The summed E-state index contributed by atoms with van der Waals surface area (Å²) in [4.78, 5) is 13.2. The van der Waals surface area contributed by atoms with Crippen LogP contribution in [-0.4, -0.2) is 56.4 Å². The average molecular weight is 469 g/mol. The van der Waals surface area contributed by atoms with Crippen LogP contribution in [0.3, 0.4) is 0 Å². The summed E-state index contributed by atoms with van der Waals surface area (Å²) in [5, 5.41) is 32.6. The molecule has 1 aromatic carbocycles. The lowest BCUT2D eigenvalue weighted by Crippen LogP contribution is -2.64. The lowest BCUT2D eigenvalue weighted by Gasteiger charge is -2.51. The van der Waals surface area contributed by atoms with Crippen LogP contribution in [0.15, 0.2) is 30.4 Å². The number of ether oxygens (including phenoxy) is 2. The number of aryl methyl sites for hydroxylation is 1. The molecule has 1 spiro atoms. The number of fused-ring (bicyclic) bond motifs is 4. The number of epoxide rings is 1. The fraction of sp³-hybridized carbons (Fsp3) is 0.679. The van der Waals surface area contributed by atoms with Gasteiger partial charge in [-0.1, -0.05) is 31.2 Å². The van der Waals surface area contributed by atoms with Gasteiger partial charge in [0.15, 0.2) is 11.6 Å². The maximum atomic E-state index is 13.2. The highest BCUT2D eigenvalue weighted by atomic mass is 16.6. The van der Waals surface area contributed by atoms with E-state index in [4.69, 9.17) is 9.47 Å². The summed E-state index contributed by atoms with van der Waals surface area (Å²) in [6.45, 7) is 6.98. The van der Waals surface area contributed by atoms with Crippen molar-refractivity contribution >= 4 is 5.78 Å². The quantitative estimate of drug-likeness (QED) is 0.577. The molecule has 2 saturated heterocycles. The summed E-state index contributed by atoms with van der Waals surface area (Å²) < 4.78 is 12.0. The van der Waals surface area contributed by atoms with Crippen LogP contribution in [0.5, 0.6) is 0 Å². The standard InChI is InChI=1S/C28H36O6/c1-16(28(32)14-24(2,30)25(3,31)15-33-28)17-7-9-19-18(12-17)8-10-21-20(19)13-23-27(34-23)11-5-6-22(29)26(21,27)4/h5-7,9,12,16,20-21,23,30-32H,8,10-11,13-15H2,1-4H3. The molecule has 3 fully saturated rings. The van der Waals surface area contributed by atoms with Crippen molar-refractivity contribution < 1.29 is 29.6 Å². The first-order valence-electron chi connectivity index (χ1n) is 12.7. The predicted octanol–water partition coefficient (Wildman–Crippen LogP) is 3.12. The third-order valence-corrected chi connectivity index (χ3v) is 10.4. The molecule has 6 heteroatoms. The van der Waals surface area contributed by atoms with Gasteiger partial charge in [-0.25, -0.2) is 0 Å². The van der Waals surface area contributed by atoms with Gasteiger partial charge in [-0.3, -0.25) is 4.79 Å². The highest BCUT2D eigenvalue weighted by molar-refractivity contribution is 5.98. The molecule has 5 aliphatic rings. The van der Waals surface area contributed by atoms with Crippen molar-refractivity contribution in [2.24, 2.45) is 11.3 Å². The van der Waals surface area contributed by atoms with E-state index in [9.17, 15) is 20.1 Å². The largest absolute Gasteiger partial charge is 0.387 e. The molecule has 184 valence electrons. The van der Waals surface area contributed by atoms with Crippen LogP contribution in [0.2, 0.25) is 0 Å². The van der Waals surface area contributed by atoms with Gasteiger partial charge < -0.3 is 24.8 Å². The molecule has 0 radical (unpaired) electrons. The molecular formula is C28H36O6. The normalized spacial score (nSPS) is 50.0. The second-order valence-electron chi connectivity index (χ2n) is 12.2.